The topological polar surface area (TPSA) is 65.1 Å². The molecule has 0 saturated carbocycles. The average Bonchev–Trinajstić information content (AvgIpc) is 2.80. The van der Waals surface area contributed by atoms with Gasteiger partial charge in [-0.3, -0.25) is 9.59 Å². The normalized spacial score (nSPS) is 8.89. The Morgan fingerprint density at radius 2 is 1.58 bits per heavy atom. The number of carbonyl (C=O) groups is 2. The van der Waals surface area contributed by atoms with Crippen LogP contribution in [0.25, 0.3) is 10.9 Å². The standard InChI is InChI=1S/C11H10N2O2.2C2H6/c1-13-6-8(10(14)11(12)15)7-4-2-3-5-9(7)13;2*1-2/h2-6H,1H3,(H2,12,15);2*1-2H3. The zero-order valence-corrected chi connectivity index (χ0v) is 12.2. The van der Waals surface area contributed by atoms with E-state index in [1.54, 1.807) is 16.8 Å². The molecule has 1 aromatic heterocycles. The lowest BCUT2D eigenvalue weighted by molar-refractivity contribution is -0.114. The van der Waals surface area contributed by atoms with Crippen LogP contribution in [0.2, 0.25) is 0 Å². The lowest BCUT2D eigenvalue weighted by Gasteiger charge is -1.93. The first-order valence-electron chi connectivity index (χ1n) is 6.49. The number of rotatable bonds is 2. The van der Waals surface area contributed by atoms with Crippen molar-refractivity contribution in [2.24, 2.45) is 12.8 Å². The third kappa shape index (κ3) is 3.68. The maximum atomic E-state index is 11.5. The van der Waals surface area contributed by atoms with Crippen LogP contribution >= 0.6 is 0 Å². The molecule has 2 aromatic rings. The number of para-hydroxylation sites is 1. The maximum absolute atomic E-state index is 11.5. The van der Waals surface area contributed by atoms with Crippen LogP contribution in [0.15, 0.2) is 30.5 Å². The molecule has 0 aliphatic rings. The molecule has 0 aliphatic carbocycles. The van der Waals surface area contributed by atoms with Crippen molar-refractivity contribution in [1.82, 2.24) is 4.57 Å². The van der Waals surface area contributed by atoms with Gasteiger partial charge in [0.05, 0.1) is 5.56 Å². The largest absolute Gasteiger partial charge is 0.363 e. The Kier molecular flexibility index (Phi) is 7.19. The van der Waals surface area contributed by atoms with E-state index in [-0.39, 0.29) is 0 Å². The number of fused-ring (bicyclic) bond motifs is 1. The summed E-state index contributed by atoms with van der Waals surface area (Å²) in [6, 6.07) is 7.37. The Labute approximate surface area is 114 Å². The number of primary amides is 1. The van der Waals surface area contributed by atoms with Crippen molar-refractivity contribution in [1.29, 1.82) is 0 Å². The van der Waals surface area contributed by atoms with E-state index in [9.17, 15) is 9.59 Å². The molecule has 4 nitrogen and oxygen atoms in total. The summed E-state index contributed by atoms with van der Waals surface area (Å²) < 4.78 is 1.80. The molecule has 0 unspecified atom stereocenters. The van der Waals surface area contributed by atoms with Crippen molar-refractivity contribution >= 4 is 22.6 Å². The molecule has 0 saturated heterocycles. The first-order chi connectivity index (χ1) is 9.11. The molecule has 2 rings (SSSR count). The lowest BCUT2D eigenvalue weighted by atomic mass is 10.1. The number of nitrogens with two attached hydrogens (primary N) is 1. The van der Waals surface area contributed by atoms with Crippen LogP contribution in [0.4, 0.5) is 0 Å². The fourth-order valence-corrected chi connectivity index (χ4v) is 1.66. The highest BCUT2D eigenvalue weighted by Gasteiger charge is 2.17. The predicted molar refractivity (Wildman–Crippen MR) is 79.1 cm³/mol. The Hall–Kier alpha value is -2.10. The molecular weight excluding hydrogens is 240 g/mol. The second-order valence-electron chi connectivity index (χ2n) is 3.36. The average molecular weight is 262 g/mol. The molecule has 1 amide bonds. The summed E-state index contributed by atoms with van der Waals surface area (Å²) in [5, 5.41) is 0.754. The molecular formula is C15H22N2O2. The highest BCUT2D eigenvalue weighted by Crippen LogP contribution is 2.20. The van der Waals surface area contributed by atoms with E-state index in [1.807, 2.05) is 52.9 Å². The number of nitrogens with zero attached hydrogens (tertiary/aromatic N) is 1. The number of aromatic nitrogens is 1. The van der Waals surface area contributed by atoms with Crippen molar-refractivity contribution in [3.8, 4) is 0 Å². The van der Waals surface area contributed by atoms with Gasteiger partial charge in [0, 0.05) is 24.1 Å². The lowest BCUT2D eigenvalue weighted by Crippen LogP contribution is -2.22. The number of ketones is 1. The molecule has 0 radical (unpaired) electrons. The van der Waals surface area contributed by atoms with E-state index >= 15 is 0 Å². The Morgan fingerprint density at radius 1 is 1.05 bits per heavy atom. The highest BCUT2D eigenvalue weighted by molar-refractivity contribution is 6.44. The number of benzene rings is 1. The third-order valence-corrected chi connectivity index (χ3v) is 2.37. The molecule has 104 valence electrons. The molecule has 1 heterocycles. The monoisotopic (exact) mass is 262 g/mol. The van der Waals surface area contributed by atoms with Gasteiger partial charge in [0.15, 0.2) is 0 Å². The van der Waals surface area contributed by atoms with E-state index < -0.39 is 11.7 Å². The van der Waals surface area contributed by atoms with Crippen molar-refractivity contribution in [3.05, 3.63) is 36.0 Å². The summed E-state index contributed by atoms with van der Waals surface area (Å²) >= 11 is 0. The van der Waals surface area contributed by atoms with Gasteiger partial charge in [-0.15, -0.1) is 0 Å². The third-order valence-electron chi connectivity index (χ3n) is 2.37. The Morgan fingerprint density at radius 3 is 2.11 bits per heavy atom. The number of aryl methyl sites for hydroxylation is 1. The van der Waals surface area contributed by atoms with E-state index in [1.165, 1.54) is 0 Å². The first-order valence-corrected chi connectivity index (χ1v) is 6.49. The Balaban J connectivity index is 0.000000741. The number of Topliss-reactive ketones (excluding diaryl/α,β-unsaturated/α-hetero) is 1. The van der Waals surface area contributed by atoms with Gasteiger partial charge >= 0.3 is 0 Å². The van der Waals surface area contributed by atoms with E-state index in [2.05, 4.69) is 0 Å². The van der Waals surface area contributed by atoms with Gasteiger partial charge in [-0.2, -0.15) is 0 Å². The van der Waals surface area contributed by atoms with Gasteiger partial charge in [-0.1, -0.05) is 45.9 Å². The van der Waals surface area contributed by atoms with Gasteiger partial charge in [-0.25, -0.2) is 0 Å². The number of hydrogen-bond acceptors (Lipinski definition) is 2. The van der Waals surface area contributed by atoms with Gasteiger partial charge in [-0.05, 0) is 6.07 Å². The van der Waals surface area contributed by atoms with E-state index in [0.717, 1.165) is 10.9 Å². The molecule has 4 heteroatoms. The van der Waals surface area contributed by atoms with Gasteiger partial charge in [0.2, 0.25) is 0 Å². The molecule has 0 aliphatic heterocycles. The molecule has 2 N–H and O–H groups in total. The number of carbonyl (C=O) groups excluding carboxylic acids is 2. The van der Waals surface area contributed by atoms with Gasteiger partial charge < -0.3 is 10.3 Å². The van der Waals surface area contributed by atoms with Crippen LogP contribution in [0.5, 0.6) is 0 Å². The molecule has 0 spiro atoms. The molecule has 19 heavy (non-hydrogen) atoms. The quantitative estimate of drug-likeness (QED) is 0.668. The minimum absolute atomic E-state index is 0.362. The summed E-state index contributed by atoms with van der Waals surface area (Å²) in [6.45, 7) is 8.00. The van der Waals surface area contributed by atoms with Crippen molar-refractivity contribution in [2.75, 3.05) is 0 Å². The van der Waals surface area contributed by atoms with Crippen LogP contribution in [0.3, 0.4) is 0 Å². The molecule has 1 aromatic carbocycles. The summed E-state index contributed by atoms with van der Waals surface area (Å²) in [5.41, 5.74) is 6.24. The van der Waals surface area contributed by atoms with E-state index in [0.29, 0.717) is 5.56 Å². The second kappa shape index (κ2) is 8.08. The van der Waals surface area contributed by atoms with Crippen LogP contribution < -0.4 is 5.73 Å². The van der Waals surface area contributed by atoms with Crippen LogP contribution in [-0.2, 0) is 11.8 Å². The van der Waals surface area contributed by atoms with E-state index in [4.69, 9.17) is 5.73 Å². The number of hydrogen-bond donors (Lipinski definition) is 1. The highest BCUT2D eigenvalue weighted by atomic mass is 16.2. The number of amides is 1. The minimum atomic E-state index is -0.925. The fourth-order valence-electron chi connectivity index (χ4n) is 1.66. The smallest absolute Gasteiger partial charge is 0.289 e. The minimum Gasteiger partial charge on any atom is -0.363 e. The Bertz CT molecular complexity index is 556. The van der Waals surface area contributed by atoms with Crippen LogP contribution in [-0.4, -0.2) is 16.3 Å². The van der Waals surface area contributed by atoms with Gasteiger partial charge in [0.25, 0.3) is 11.7 Å². The van der Waals surface area contributed by atoms with Crippen molar-refractivity contribution in [3.63, 3.8) is 0 Å². The SMILES string of the molecule is CC.CC.Cn1cc(C(=O)C(N)=O)c2ccccc21. The zero-order valence-electron chi connectivity index (χ0n) is 12.2. The molecule has 0 bridgehead atoms. The summed E-state index contributed by atoms with van der Waals surface area (Å²) in [4.78, 5) is 22.3. The first kappa shape index (κ1) is 16.9. The van der Waals surface area contributed by atoms with Crippen molar-refractivity contribution < 1.29 is 9.59 Å². The molecule has 0 fully saturated rings. The van der Waals surface area contributed by atoms with Crippen LogP contribution in [0.1, 0.15) is 38.1 Å². The van der Waals surface area contributed by atoms with Crippen molar-refractivity contribution in [2.45, 2.75) is 27.7 Å². The zero-order chi connectivity index (χ0) is 15.0. The van der Waals surface area contributed by atoms with Crippen LogP contribution in [0, 0.1) is 0 Å². The second-order valence-corrected chi connectivity index (χ2v) is 3.36. The maximum Gasteiger partial charge on any atom is 0.289 e. The predicted octanol–water partition coefficient (Wildman–Crippen LogP) is 2.90. The summed E-state index contributed by atoms with van der Waals surface area (Å²) in [5.74, 6) is -1.57. The molecule has 0 atom stereocenters. The van der Waals surface area contributed by atoms with Gasteiger partial charge in [0.1, 0.15) is 0 Å². The summed E-state index contributed by atoms with van der Waals surface area (Å²) in [7, 11) is 1.82. The summed E-state index contributed by atoms with van der Waals surface area (Å²) in [6.07, 6.45) is 1.62. The fraction of sp³-hybridized carbons (Fsp3) is 0.333.